The fourth-order valence-corrected chi connectivity index (χ4v) is 2.59. The largest absolute Gasteiger partial charge is 0.481 e. The monoisotopic (exact) mass is 269 g/mol. The number of halogens is 1. The molecule has 1 aromatic rings. The lowest BCUT2D eigenvalue weighted by molar-refractivity contribution is -0.136. The summed E-state index contributed by atoms with van der Waals surface area (Å²) in [5.74, 6) is -0.868. The van der Waals surface area contributed by atoms with Crippen LogP contribution in [0, 0.1) is 0 Å². The lowest BCUT2D eigenvalue weighted by Crippen LogP contribution is -2.38. The zero-order valence-electron chi connectivity index (χ0n) is 9.97. The molecule has 1 aliphatic rings. The van der Waals surface area contributed by atoms with Gasteiger partial charge in [-0.25, -0.2) is 0 Å². The number of carboxylic acid groups (broad SMARTS) is 1. The van der Waals surface area contributed by atoms with E-state index in [2.05, 4.69) is 0 Å². The maximum atomic E-state index is 10.6. The number of rotatable bonds is 3. The smallest absolute Gasteiger partial charge is 0.307 e. The van der Waals surface area contributed by atoms with Crippen LogP contribution in [0.5, 0.6) is 0 Å². The van der Waals surface area contributed by atoms with Crippen LogP contribution in [0.3, 0.4) is 0 Å². The standard InChI is InChI=1S/C13H16ClNO3/c14-11-6-9(7-13(17)18)3-4-12(11)15-5-1-2-10(16)8-15/h3-4,6,10,16H,1-2,5,7-8H2,(H,17,18). The fraction of sp³-hybridized carbons (Fsp3) is 0.462. The van der Waals surface area contributed by atoms with Crippen LogP contribution in [-0.2, 0) is 11.2 Å². The van der Waals surface area contributed by atoms with E-state index in [0.717, 1.165) is 25.1 Å². The van der Waals surface area contributed by atoms with E-state index in [1.807, 2.05) is 11.0 Å². The zero-order chi connectivity index (χ0) is 13.1. The van der Waals surface area contributed by atoms with Gasteiger partial charge in [0, 0.05) is 13.1 Å². The van der Waals surface area contributed by atoms with Gasteiger partial charge >= 0.3 is 5.97 Å². The second kappa shape index (κ2) is 5.59. The van der Waals surface area contributed by atoms with Crippen molar-refractivity contribution in [1.29, 1.82) is 0 Å². The summed E-state index contributed by atoms with van der Waals surface area (Å²) >= 11 is 6.18. The Balaban J connectivity index is 2.16. The summed E-state index contributed by atoms with van der Waals surface area (Å²) in [7, 11) is 0. The van der Waals surface area contributed by atoms with Gasteiger partial charge in [-0.2, -0.15) is 0 Å². The molecule has 0 spiro atoms. The number of hydrogen-bond acceptors (Lipinski definition) is 3. The summed E-state index contributed by atoms with van der Waals surface area (Å²) in [6, 6.07) is 5.29. The van der Waals surface area contributed by atoms with Crippen LogP contribution in [0.2, 0.25) is 5.02 Å². The molecule has 98 valence electrons. The molecule has 1 atom stereocenters. The highest BCUT2D eigenvalue weighted by atomic mass is 35.5. The molecule has 0 aromatic heterocycles. The second-order valence-corrected chi connectivity index (χ2v) is 5.01. The van der Waals surface area contributed by atoms with Gasteiger partial charge in [-0.3, -0.25) is 4.79 Å². The number of piperidine rings is 1. The van der Waals surface area contributed by atoms with Gasteiger partial charge in [0.25, 0.3) is 0 Å². The minimum atomic E-state index is -0.868. The van der Waals surface area contributed by atoms with E-state index >= 15 is 0 Å². The minimum Gasteiger partial charge on any atom is -0.481 e. The van der Waals surface area contributed by atoms with E-state index in [1.54, 1.807) is 12.1 Å². The number of β-amino-alcohol motifs (C(OH)–C–C–N with tert-alkyl or cyclic N) is 1. The number of hydrogen-bond donors (Lipinski definition) is 2. The molecule has 0 saturated carbocycles. The van der Waals surface area contributed by atoms with Crippen molar-refractivity contribution in [2.75, 3.05) is 18.0 Å². The van der Waals surface area contributed by atoms with E-state index in [4.69, 9.17) is 16.7 Å². The maximum Gasteiger partial charge on any atom is 0.307 e. The van der Waals surface area contributed by atoms with Crippen LogP contribution < -0.4 is 4.90 Å². The Kier molecular flexibility index (Phi) is 4.09. The van der Waals surface area contributed by atoms with Gasteiger partial charge in [-0.05, 0) is 30.5 Å². The Morgan fingerprint density at radius 2 is 2.28 bits per heavy atom. The molecule has 0 radical (unpaired) electrons. The first-order valence-electron chi connectivity index (χ1n) is 5.99. The van der Waals surface area contributed by atoms with Crippen LogP contribution >= 0.6 is 11.6 Å². The van der Waals surface area contributed by atoms with Gasteiger partial charge in [0.1, 0.15) is 0 Å². The SMILES string of the molecule is O=C(O)Cc1ccc(N2CCCC(O)C2)c(Cl)c1. The minimum absolute atomic E-state index is 0.0252. The summed E-state index contributed by atoms with van der Waals surface area (Å²) in [5, 5.41) is 18.9. The zero-order valence-corrected chi connectivity index (χ0v) is 10.7. The fourth-order valence-electron chi connectivity index (χ4n) is 2.26. The molecule has 1 saturated heterocycles. The van der Waals surface area contributed by atoms with Gasteiger partial charge < -0.3 is 15.1 Å². The molecule has 4 nitrogen and oxygen atoms in total. The first-order valence-corrected chi connectivity index (χ1v) is 6.37. The van der Waals surface area contributed by atoms with Crippen molar-refractivity contribution in [2.45, 2.75) is 25.4 Å². The molecule has 1 unspecified atom stereocenters. The number of carboxylic acids is 1. The number of aliphatic carboxylic acids is 1. The van der Waals surface area contributed by atoms with Crippen LogP contribution in [0.4, 0.5) is 5.69 Å². The quantitative estimate of drug-likeness (QED) is 0.880. The van der Waals surface area contributed by atoms with E-state index in [1.165, 1.54) is 0 Å². The molecular formula is C13H16ClNO3. The topological polar surface area (TPSA) is 60.8 Å². The van der Waals surface area contributed by atoms with Crippen molar-refractivity contribution >= 4 is 23.3 Å². The predicted molar refractivity (Wildman–Crippen MR) is 70.2 cm³/mol. The summed E-state index contributed by atoms with van der Waals surface area (Å²) < 4.78 is 0. The maximum absolute atomic E-state index is 10.6. The molecule has 1 aromatic carbocycles. The van der Waals surface area contributed by atoms with Crippen LogP contribution in [0.1, 0.15) is 18.4 Å². The highest BCUT2D eigenvalue weighted by Crippen LogP contribution is 2.29. The van der Waals surface area contributed by atoms with Gasteiger partial charge in [0.2, 0.25) is 0 Å². The van der Waals surface area contributed by atoms with Crippen molar-refractivity contribution in [1.82, 2.24) is 0 Å². The summed E-state index contributed by atoms with van der Waals surface area (Å²) in [6.45, 7) is 1.45. The molecule has 0 bridgehead atoms. The Bertz CT molecular complexity index is 450. The van der Waals surface area contributed by atoms with E-state index < -0.39 is 5.97 Å². The van der Waals surface area contributed by atoms with Crippen molar-refractivity contribution in [2.24, 2.45) is 0 Å². The van der Waals surface area contributed by atoms with Crippen LogP contribution in [0.15, 0.2) is 18.2 Å². The molecule has 1 aliphatic heterocycles. The molecule has 0 aliphatic carbocycles. The molecule has 1 fully saturated rings. The van der Waals surface area contributed by atoms with E-state index in [9.17, 15) is 9.90 Å². The van der Waals surface area contributed by atoms with E-state index in [-0.39, 0.29) is 12.5 Å². The number of nitrogens with zero attached hydrogens (tertiary/aromatic N) is 1. The van der Waals surface area contributed by atoms with Gasteiger partial charge in [0.15, 0.2) is 0 Å². The number of aliphatic hydroxyl groups excluding tert-OH is 1. The number of aliphatic hydroxyl groups is 1. The lowest BCUT2D eigenvalue weighted by Gasteiger charge is -2.32. The van der Waals surface area contributed by atoms with Crippen molar-refractivity contribution in [3.63, 3.8) is 0 Å². The van der Waals surface area contributed by atoms with Crippen molar-refractivity contribution in [3.05, 3.63) is 28.8 Å². The third kappa shape index (κ3) is 3.15. The Morgan fingerprint density at radius 3 is 2.89 bits per heavy atom. The molecule has 18 heavy (non-hydrogen) atoms. The molecular weight excluding hydrogens is 254 g/mol. The average molecular weight is 270 g/mol. The molecule has 5 heteroatoms. The summed E-state index contributed by atoms with van der Waals surface area (Å²) in [5.41, 5.74) is 1.55. The summed E-state index contributed by atoms with van der Waals surface area (Å²) in [4.78, 5) is 12.7. The molecule has 0 amide bonds. The Labute approximate surface area is 111 Å². The Morgan fingerprint density at radius 1 is 1.50 bits per heavy atom. The average Bonchev–Trinajstić information content (AvgIpc) is 2.28. The van der Waals surface area contributed by atoms with Crippen molar-refractivity contribution < 1.29 is 15.0 Å². The van der Waals surface area contributed by atoms with Gasteiger partial charge in [-0.15, -0.1) is 0 Å². The first-order chi connectivity index (χ1) is 8.56. The molecule has 2 rings (SSSR count). The van der Waals surface area contributed by atoms with Gasteiger partial charge in [0.05, 0.1) is 23.2 Å². The number of carbonyl (C=O) groups is 1. The first kappa shape index (κ1) is 13.2. The molecule has 2 N–H and O–H groups in total. The predicted octanol–water partition coefficient (Wildman–Crippen LogP) is 1.93. The third-order valence-electron chi connectivity index (χ3n) is 3.10. The highest BCUT2D eigenvalue weighted by molar-refractivity contribution is 6.33. The number of benzene rings is 1. The Hall–Kier alpha value is -1.26. The lowest BCUT2D eigenvalue weighted by atomic mass is 10.1. The summed E-state index contributed by atoms with van der Waals surface area (Å²) in [6.07, 6.45) is 1.43. The van der Waals surface area contributed by atoms with Crippen LogP contribution in [0.25, 0.3) is 0 Å². The highest BCUT2D eigenvalue weighted by Gasteiger charge is 2.19. The van der Waals surface area contributed by atoms with Gasteiger partial charge in [-0.1, -0.05) is 17.7 Å². The van der Waals surface area contributed by atoms with E-state index in [0.29, 0.717) is 17.1 Å². The van der Waals surface area contributed by atoms with Crippen LogP contribution in [-0.4, -0.2) is 35.4 Å². The van der Waals surface area contributed by atoms with Crippen molar-refractivity contribution in [3.8, 4) is 0 Å². The second-order valence-electron chi connectivity index (χ2n) is 4.60. The third-order valence-corrected chi connectivity index (χ3v) is 3.41. The normalized spacial score (nSPS) is 19.9. The number of anilines is 1. The molecule has 1 heterocycles.